The van der Waals surface area contributed by atoms with Crippen molar-refractivity contribution in [1.82, 2.24) is 14.9 Å². The Balaban J connectivity index is 1.84. The number of anilines is 3. The Labute approximate surface area is 146 Å². The van der Waals surface area contributed by atoms with Crippen molar-refractivity contribution in [1.29, 1.82) is 0 Å². The summed E-state index contributed by atoms with van der Waals surface area (Å²) in [5.74, 6) is 1.47. The van der Waals surface area contributed by atoms with Crippen LogP contribution in [0.1, 0.15) is 5.69 Å². The van der Waals surface area contributed by atoms with Crippen molar-refractivity contribution in [3.63, 3.8) is 0 Å². The van der Waals surface area contributed by atoms with Crippen LogP contribution in [0.25, 0.3) is 0 Å². The standard InChI is InChI=1S/C16H19Cl2N5/c1-11-10-14(20-13-5-3-4-12(17)15(13)18)21-16(19-11)23-8-6-22(2)7-9-23/h3-5,10H,6-9H2,1-2H3,(H,19,20,21). The van der Waals surface area contributed by atoms with E-state index in [1.54, 1.807) is 6.07 Å². The molecule has 0 bridgehead atoms. The lowest BCUT2D eigenvalue weighted by atomic mass is 10.3. The first-order chi connectivity index (χ1) is 11.0. The molecular formula is C16H19Cl2N5. The lowest BCUT2D eigenvalue weighted by Crippen LogP contribution is -2.45. The highest BCUT2D eigenvalue weighted by atomic mass is 35.5. The van der Waals surface area contributed by atoms with E-state index >= 15 is 0 Å². The maximum absolute atomic E-state index is 6.23. The predicted molar refractivity (Wildman–Crippen MR) is 96.2 cm³/mol. The number of nitrogens with zero attached hydrogens (tertiary/aromatic N) is 4. The first kappa shape index (κ1) is 16.3. The van der Waals surface area contributed by atoms with Crippen LogP contribution < -0.4 is 10.2 Å². The molecular weight excluding hydrogens is 333 g/mol. The summed E-state index contributed by atoms with van der Waals surface area (Å²) in [5, 5.41) is 4.25. The molecule has 1 aromatic carbocycles. The minimum atomic E-state index is 0.492. The van der Waals surface area contributed by atoms with E-state index < -0.39 is 0 Å². The minimum absolute atomic E-state index is 0.492. The Hall–Kier alpha value is -1.56. The van der Waals surface area contributed by atoms with E-state index in [-0.39, 0.29) is 0 Å². The molecule has 23 heavy (non-hydrogen) atoms. The van der Waals surface area contributed by atoms with Crippen molar-refractivity contribution in [3.8, 4) is 0 Å². The van der Waals surface area contributed by atoms with Gasteiger partial charge in [0.15, 0.2) is 0 Å². The number of nitrogens with one attached hydrogen (secondary N) is 1. The van der Waals surface area contributed by atoms with Gasteiger partial charge in [-0.1, -0.05) is 29.3 Å². The van der Waals surface area contributed by atoms with Crippen molar-refractivity contribution in [2.24, 2.45) is 0 Å². The molecule has 1 fully saturated rings. The summed E-state index contributed by atoms with van der Waals surface area (Å²) in [4.78, 5) is 13.7. The molecule has 0 unspecified atom stereocenters. The zero-order valence-corrected chi connectivity index (χ0v) is 14.7. The Bertz CT molecular complexity index is 699. The lowest BCUT2D eigenvalue weighted by molar-refractivity contribution is 0.311. The van der Waals surface area contributed by atoms with Gasteiger partial charge in [0.05, 0.1) is 15.7 Å². The monoisotopic (exact) mass is 351 g/mol. The van der Waals surface area contributed by atoms with Crippen molar-refractivity contribution >= 4 is 40.7 Å². The van der Waals surface area contributed by atoms with Gasteiger partial charge in [0, 0.05) is 37.9 Å². The molecule has 0 amide bonds. The smallest absolute Gasteiger partial charge is 0.227 e. The highest BCUT2D eigenvalue weighted by molar-refractivity contribution is 6.43. The maximum atomic E-state index is 6.23. The van der Waals surface area contributed by atoms with Crippen LogP contribution in [-0.4, -0.2) is 48.1 Å². The second-order valence-electron chi connectivity index (χ2n) is 5.71. The van der Waals surface area contributed by atoms with Crippen LogP contribution in [0.2, 0.25) is 10.0 Å². The number of likely N-dealkylation sites (N-methyl/N-ethyl adjacent to an activating group) is 1. The highest BCUT2D eigenvalue weighted by Crippen LogP contribution is 2.31. The van der Waals surface area contributed by atoms with Crippen LogP contribution in [0.5, 0.6) is 0 Å². The fourth-order valence-electron chi connectivity index (χ4n) is 2.50. The van der Waals surface area contributed by atoms with Crippen LogP contribution in [-0.2, 0) is 0 Å². The van der Waals surface area contributed by atoms with Gasteiger partial charge in [-0.25, -0.2) is 4.98 Å². The number of aromatic nitrogens is 2. The summed E-state index contributed by atoms with van der Waals surface area (Å²) in [6, 6.07) is 7.39. The molecule has 122 valence electrons. The van der Waals surface area contributed by atoms with Gasteiger partial charge in [0.2, 0.25) is 5.95 Å². The third kappa shape index (κ3) is 3.86. The third-order valence-corrected chi connectivity index (χ3v) is 4.66. The quantitative estimate of drug-likeness (QED) is 0.915. The van der Waals surface area contributed by atoms with Crippen molar-refractivity contribution < 1.29 is 0 Å². The molecule has 1 N–H and O–H groups in total. The molecule has 0 spiro atoms. The second-order valence-corrected chi connectivity index (χ2v) is 6.50. The molecule has 1 aliphatic heterocycles. The lowest BCUT2D eigenvalue weighted by Gasteiger charge is -2.32. The van der Waals surface area contributed by atoms with E-state index in [9.17, 15) is 0 Å². The summed E-state index contributed by atoms with van der Waals surface area (Å²) >= 11 is 12.3. The molecule has 0 radical (unpaired) electrons. The van der Waals surface area contributed by atoms with Crippen LogP contribution >= 0.6 is 23.2 Å². The Morgan fingerprint density at radius 3 is 2.57 bits per heavy atom. The number of halogens is 2. The Morgan fingerprint density at radius 1 is 1.09 bits per heavy atom. The summed E-state index contributed by atoms with van der Waals surface area (Å²) in [6.07, 6.45) is 0. The van der Waals surface area contributed by atoms with Gasteiger partial charge in [-0.05, 0) is 26.1 Å². The molecule has 1 aliphatic rings. The first-order valence-corrected chi connectivity index (χ1v) is 8.29. The summed E-state index contributed by atoms with van der Waals surface area (Å²) in [6.45, 7) is 5.85. The number of rotatable bonds is 3. The van der Waals surface area contributed by atoms with Gasteiger partial charge >= 0.3 is 0 Å². The number of hydrogen-bond acceptors (Lipinski definition) is 5. The minimum Gasteiger partial charge on any atom is -0.339 e. The molecule has 7 heteroatoms. The van der Waals surface area contributed by atoms with Gasteiger partial charge in [-0.2, -0.15) is 4.98 Å². The van der Waals surface area contributed by atoms with Gasteiger partial charge < -0.3 is 15.1 Å². The van der Waals surface area contributed by atoms with E-state index in [0.717, 1.165) is 49.3 Å². The van der Waals surface area contributed by atoms with E-state index in [2.05, 4.69) is 32.1 Å². The van der Waals surface area contributed by atoms with Crippen LogP contribution in [0.4, 0.5) is 17.5 Å². The molecule has 2 aromatic rings. The molecule has 0 atom stereocenters. The SMILES string of the molecule is Cc1cc(Nc2cccc(Cl)c2Cl)nc(N2CCN(C)CC2)n1. The molecule has 0 saturated carbocycles. The van der Waals surface area contributed by atoms with E-state index in [0.29, 0.717) is 10.0 Å². The van der Waals surface area contributed by atoms with Gasteiger partial charge in [-0.15, -0.1) is 0 Å². The van der Waals surface area contributed by atoms with Crippen molar-refractivity contribution in [3.05, 3.63) is 40.0 Å². The van der Waals surface area contributed by atoms with Gasteiger partial charge in [-0.3, -0.25) is 0 Å². The van der Waals surface area contributed by atoms with Gasteiger partial charge in [0.1, 0.15) is 5.82 Å². The van der Waals surface area contributed by atoms with E-state index in [4.69, 9.17) is 23.2 Å². The number of benzene rings is 1. The number of aryl methyl sites for hydroxylation is 1. The molecule has 3 rings (SSSR count). The largest absolute Gasteiger partial charge is 0.339 e. The molecule has 0 aliphatic carbocycles. The van der Waals surface area contributed by atoms with E-state index in [1.165, 1.54) is 0 Å². The average Bonchev–Trinajstić information content (AvgIpc) is 2.52. The van der Waals surface area contributed by atoms with Crippen molar-refractivity contribution in [2.45, 2.75) is 6.92 Å². The normalized spacial score (nSPS) is 15.7. The topological polar surface area (TPSA) is 44.3 Å². The highest BCUT2D eigenvalue weighted by Gasteiger charge is 2.17. The van der Waals surface area contributed by atoms with Crippen LogP contribution in [0.3, 0.4) is 0 Å². The zero-order chi connectivity index (χ0) is 16.4. The van der Waals surface area contributed by atoms with Gasteiger partial charge in [0.25, 0.3) is 0 Å². The van der Waals surface area contributed by atoms with Crippen molar-refractivity contribution in [2.75, 3.05) is 43.4 Å². The summed E-state index contributed by atoms with van der Waals surface area (Å²) in [5.41, 5.74) is 1.65. The number of hydrogen-bond donors (Lipinski definition) is 1. The summed E-state index contributed by atoms with van der Waals surface area (Å²) < 4.78 is 0. The van der Waals surface area contributed by atoms with E-state index in [1.807, 2.05) is 25.1 Å². The third-order valence-electron chi connectivity index (χ3n) is 3.84. The Morgan fingerprint density at radius 2 is 1.83 bits per heavy atom. The molecule has 5 nitrogen and oxygen atoms in total. The molecule has 2 heterocycles. The fraction of sp³-hybridized carbons (Fsp3) is 0.375. The van der Waals surface area contributed by atoms with Crippen LogP contribution in [0, 0.1) is 6.92 Å². The second kappa shape index (κ2) is 6.91. The summed E-state index contributed by atoms with van der Waals surface area (Å²) in [7, 11) is 2.13. The first-order valence-electron chi connectivity index (χ1n) is 7.53. The molecule has 1 aromatic heterocycles. The Kier molecular flexibility index (Phi) is 4.90. The number of piperazine rings is 1. The average molecular weight is 352 g/mol. The molecule has 1 saturated heterocycles. The maximum Gasteiger partial charge on any atom is 0.227 e. The zero-order valence-electron chi connectivity index (χ0n) is 13.2. The fourth-order valence-corrected chi connectivity index (χ4v) is 2.85. The predicted octanol–water partition coefficient (Wildman–Crippen LogP) is 3.59. The van der Waals surface area contributed by atoms with Crippen LogP contribution in [0.15, 0.2) is 24.3 Å².